The van der Waals surface area contributed by atoms with Crippen LogP contribution in [0.15, 0.2) is 12.1 Å². The Hall–Kier alpha value is -2.65. The molecule has 3 aliphatic rings. The van der Waals surface area contributed by atoms with E-state index in [1.165, 1.54) is 6.92 Å². The molecule has 168 valence electrons. The minimum absolute atomic E-state index is 0.102. The van der Waals surface area contributed by atoms with Crippen LogP contribution >= 0.6 is 0 Å². The molecule has 0 unspecified atom stereocenters. The number of piperazine rings is 1. The lowest BCUT2D eigenvalue weighted by Crippen LogP contribution is -2.52. The number of nitrogens with zero attached hydrogens (tertiary/aromatic N) is 3. The average Bonchev–Trinajstić information content (AvgIpc) is 3.21. The Morgan fingerprint density at radius 2 is 1.65 bits per heavy atom. The molecule has 0 saturated carbocycles. The van der Waals surface area contributed by atoms with Crippen molar-refractivity contribution in [2.45, 2.75) is 19.8 Å². The number of carbonyl (C=O) groups is 3. The first-order valence-electron chi connectivity index (χ1n) is 10.8. The van der Waals surface area contributed by atoms with Gasteiger partial charge in [-0.2, -0.15) is 0 Å². The maximum absolute atomic E-state index is 12.8. The Kier molecular flexibility index (Phi) is 6.43. The van der Waals surface area contributed by atoms with Gasteiger partial charge in [0.25, 0.3) is 0 Å². The molecule has 0 bridgehead atoms. The summed E-state index contributed by atoms with van der Waals surface area (Å²) >= 11 is 0. The first kappa shape index (κ1) is 21.6. The van der Waals surface area contributed by atoms with E-state index >= 15 is 0 Å². The van der Waals surface area contributed by atoms with Gasteiger partial charge in [-0.3, -0.25) is 19.3 Å². The normalized spacial score (nSPS) is 20.0. The van der Waals surface area contributed by atoms with Gasteiger partial charge in [-0.1, -0.05) is 0 Å². The summed E-state index contributed by atoms with van der Waals surface area (Å²) in [6, 6.07) is 3.24. The zero-order valence-corrected chi connectivity index (χ0v) is 18.2. The second kappa shape index (κ2) is 9.23. The predicted octanol–water partition coefficient (Wildman–Crippen LogP) is 1.04. The Bertz CT molecular complexity index is 858. The van der Waals surface area contributed by atoms with E-state index in [-0.39, 0.29) is 36.9 Å². The molecule has 9 heteroatoms. The number of amides is 2. The molecule has 2 fully saturated rings. The Balaban J connectivity index is 1.29. The summed E-state index contributed by atoms with van der Waals surface area (Å²) in [5.74, 6) is 1.05. The van der Waals surface area contributed by atoms with Gasteiger partial charge in [-0.15, -0.1) is 0 Å². The number of fused-ring (bicyclic) bond motifs is 1. The Morgan fingerprint density at radius 3 is 2.29 bits per heavy atom. The quantitative estimate of drug-likeness (QED) is 0.698. The number of ketones is 1. The monoisotopic (exact) mass is 430 g/mol. The molecule has 0 spiro atoms. The van der Waals surface area contributed by atoms with Crippen molar-refractivity contribution in [2.24, 2.45) is 5.92 Å². The number of ether oxygens (including phenoxy) is 2. The molecule has 4 rings (SSSR count). The van der Waals surface area contributed by atoms with Crippen LogP contribution in [0.5, 0.6) is 11.5 Å². The summed E-state index contributed by atoms with van der Waals surface area (Å²) in [4.78, 5) is 43.6. The lowest BCUT2D eigenvalue weighted by Gasteiger charge is -2.37. The van der Waals surface area contributed by atoms with E-state index in [2.05, 4.69) is 17.3 Å². The highest BCUT2D eigenvalue weighted by atomic mass is 16.7. The fourth-order valence-electron chi connectivity index (χ4n) is 4.37. The Labute approximate surface area is 182 Å². The fourth-order valence-corrected chi connectivity index (χ4v) is 4.37. The highest BCUT2D eigenvalue weighted by Crippen LogP contribution is 2.37. The maximum atomic E-state index is 12.8. The molecule has 0 aliphatic carbocycles. The first-order chi connectivity index (χ1) is 14.9. The Morgan fingerprint density at radius 1 is 1.00 bits per heavy atom. The zero-order chi connectivity index (χ0) is 22.0. The zero-order valence-electron chi connectivity index (χ0n) is 18.2. The topological polar surface area (TPSA) is 91.4 Å². The number of benzene rings is 1. The molecule has 0 radical (unpaired) electrons. The summed E-state index contributed by atoms with van der Waals surface area (Å²) in [7, 11) is 2.09. The van der Waals surface area contributed by atoms with Crippen LogP contribution in [0.2, 0.25) is 0 Å². The first-order valence-corrected chi connectivity index (χ1v) is 10.8. The van der Waals surface area contributed by atoms with Crippen LogP contribution in [0.3, 0.4) is 0 Å². The van der Waals surface area contributed by atoms with Crippen LogP contribution in [-0.2, 0) is 9.59 Å². The van der Waals surface area contributed by atoms with E-state index in [0.29, 0.717) is 48.9 Å². The van der Waals surface area contributed by atoms with Gasteiger partial charge in [0.1, 0.15) is 0 Å². The fraction of sp³-hybridized carbons (Fsp3) is 0.591. The number of hydrogen-bond donors (Lipinski definition) is 1. The summed E-state index contributed by atoms with van der Waals surface area (Å²) in [6.45, 7) is 6.30. The van der Waals surface area contributed by atoms with Crippen molar-refractivity contribution in [3.05, 3.63) is 17.7 Å². The van der Waals surface area contributed by atoms with Crippen molar-refractivity contribution in [2.75, 3.05) is 65.0 Å². The van der Waals surface area contributed by atoms with Gasteiger partial charge in [-0.05, 0) is 46.0 Å². The van der Waals surface area contributed by atoms with Crippen LogP contribution < -0.4 is 14.8 Å². The maximum Gasteiger partial charge on any atom is 0.238 e. The van der Waals surface area contributed by atoms with Crippen molar-refractivity contribution in [1.29, 1.82) is 0 Å². The van der Waals surface area contributed by atoms with Gasteiger partial charge in [-0.25, -0.2) is 0 Å². The SMILES string of the molecule is CC(=O)c1cc2c(cc1NC(=O)CN1CCN(C(=O)C3CCN(C)CC3)CC1)OCO2. The van der Waals surface area contributed by atoms with Gasteiger partial charge >= 0.3 is 0 Å². The number of rotatable bonds is 5. The molecule has 1 N–H and O–H groups in total. The van der Waals surface area contributed by atoms with Gasteiger partial charge in [0.05, 0.1) is 12.2 Å². The minimum Gasteiger partial charge on any atom is -0.454 e. The summed E-state index contributed by atoms with van der Waals surface area (Å²) < 4.78 is 10.7. The van der Waals surface area contributed by atoms with Gasteiger partial charge in [0.2, 0.25) is 18.6 Å². The third kappa shape index (κ3) is 4.99. The van der Waals surface area contributed by atoms with Crippen LogP contribution in [0.1, 0.15) is 30.1 Å². The molecule has 0 aromatic heterocycles. The van der Waals surface area contributed by atoms with Crippen molar-refractivity contribution in [1.82, 2.24) is 14.7 Å². The molecule has 0 atom stereocenters. The number of hydrogen-bond acceptors (Lipinski definition) is 7. The molecule has 3 heterocycles. The third-order valence-electron chi connectivity index (χ3n) is 6.29. The van der Waals surface area contributed by atoms with Crippen LogP contribution in [0.4, 0.5) is 5.69 Å². The summed E-state index contributed by atoms with van der Waals surface area (Å²) in [5.41, 5.74) is 0.823. The van der Waals surface area contributed by atoms with Crippen LogP contribution in [-0.4, -0.2) is 92.0 Å². The molecule has 9 nitrogen and oxygen atoms in total. The predicted molar refractivity (Wildman–Crippen MR) is 114 cm³/mol. The molecule has 3 aliphatic heterocycles. The van der Waals surface area contributed by atoms with Crippen LogP contribution in [0, 0.1) is 5.92 Å². The van der Waals surface area contributed by atoms with Crippen molar-refractivity contribution in [3.63, 3.8) is 0 Å². The lowest BCUT2D eigenvalue weighted by molar-refractivity contribution is -0.138. The number of piperidine rings is 1. The smallest absolute Gasteiger partial charge is 0.238 e. The highest BCUT2D eigenvalue weighted by Gasteiger charge is 2.30. The lowest BCUT2D eigenvalue weighted by atomic mass is 9.95. The highest BCUT2D eigenvalue weighted by molar-refractivity contribution is 6.05. The van der Waals surface area contributed by atoms with E-state index in [1.54, 1.807) is 12.1 Å². The number of carbonyl (C=O) groups excluding carboxylic acids is 3. The average molecular weight is 431 g/mol. The van der Waals surface area contributed by atoms with E-state index in [1.807, 2.05) is 9.80 Å². The number of anilines is 1. The number of nitrogens with one attached hydrogen (secondary N) is 1. The van der Waals surface area contributed by atoms with E-state index in [4.69, 9.17) is 9.47 Å². The van der Waals surface area contributed by atoms with E-state index < -0.39 is 0 Å². The molecular weight excluding hydrogens is 400 g/mol. The number of Topliss-reactive ketones (excluding diaryl/α,β-unsaturated/α-hetero) is 1. The standard InChI is InChI=1S/C22H30N4O5/c1-15(27)17-11-19-20(31-14-30-19)12-18(17)23-21(28)13-25-7-9-26(10-8-25)22(29)16-3-5-24(2)6-4-16/h11-12,16H,3-10,13-14H2,1-2H3,(H,23,28). The van der Waals surface area contributed by atoms with Crippen molar-refractivity contribution in [3.8, 4) is 11.5 Å². The second-order valence-corrected chi connectivity index (χ2v) is 8.53. The summed E-state index contributed by atoms with van der Waals surface area (Å²) in [5, 5.41) is 2.84. The molecule has 31 heavy (non-hydrogen) atoms. The third-order valence-corrected chi connectivity index (χ3v) is 6.29. The van der Waals surface area contributed by atoms with E-state index in [9.17, 15) is 14.4 Å². The van der Waals surface area contributed by atoms with Crippen LogP contribution in [0.25, 0.3) is 0 Å². The largest absolute Gasteiger partial charge is 0.454 e. The van der Waals surface area contributed by atoms with Gasteiger partial charge in [0, 0.05) is 43.7 Å². The number of likely N-dealkylation sites (tertiary alicyclic amines) is 1. The molecule has 1 aromatic carbocycles. The molecule has 2 amide bonds. The second-order valence-electron chi connectivity index (χ2n) is 8.53. The molecule has 1 aromatic rings. The van der Waals surface area contributed by atoms with Gasteiger partial charge < -0.3 is 24.6 Å². The molecular formula is C22H30N4O5. The van der Waals surface area contributed by atoms with Gasteiger partial charge in [0.15, 0.2) is 17.3 Å². The van der Waals surface area contributed by atoms with Crippen molar-refractivity contribution >= 4 is 23.3 Å². The van der Waals surface area contributed by atoms with E-state index in [0.717, 1.165) is 25.9 Å². The molecule has 2 saturated heterocycles. The minimum atomic E-state index is -0.198. The van der Waals surface area contributed by atoms with Crippen molar-refractivity contribution < 1.29 is 23.9 Å². The summed E-state index contributed by atoms with van der Waals surface area (Å²) in [6.07, 6.45) is 1.85.